The Labute approximate surface area is 210 Å². The van der Waals surface area contributed by atoms with Crippen molar-refractivity contribution >= 4 is 28.7 Å². The summed E-state index contributed by atoms with van der Waals surface area (Å²) in [6.45, 7) is 7.43. The smallest absolute Gasteiger partial charge is 0.251 e. The fraction of sp³-hybridized carbons (Fsp3) is 0.481. The molecule has 0 radical (unpaired) electrons. The number of fused-ring (bicyclic) bond motifs is 1. The summed E-state index contributed by atoms with van der Waals surface area (Å²) in [5.74, 6) is 1.49. The number of anilines is 2. The van der Waals surface area contributed by atoms with Crippen LogP contribution in [-0.2, 0) is 9.47 Å². The van der Waals surface area contributed by atoms with E-state index in [1.807, 2.05) is 24.3 Å². The standard InChI is InChI=1S/C27H32N6O3/c1-18-15-35-13-11-33(18)24-21-6-7-22(19-4-3-5-20(14-19)25(34)28-2)29-23(21)30-26(31-24)32-10-12-36-17-27(16-32)8-9-27/h3-7,14,18H,8-13,15-17H2,1-2H3,(H,28,34)/t18-/m0/s1. The van der Waals surface area contributed by atoms with Gasteiger partial charge in [-0.05, 0) is 44.0 Å². The Morgan fingerprint density at radius 2 is 1.94 bits per heavy atom. The molecule has 1 amide bonds. The van der Waals surface area contributed by atoms with E-state index in [4.69, 9.17) is 24.4 Å². The number of amides is 1. The molecule has 1 aromatic carbocycles. The fourth-order valence-corrected chi connectivity index (χ4v) is 5.15. The van der Waals surface area contributed by atoms with E-state index in [9.17, 15) is 4.79 Å². The molecule has 1 spiro atoms. The normalized spacial score (nSPS) is 21.4. The van der Waals surface area contributed by atoms with Crippen molar-refractivity contribution in [1.82, 2.24) is 20.3 Å². The van der Waals surface area contributed by atoms with Gasteiger partial charge in [0.05, 0.1) is 43.5 Å². The minimum atomic E-state index is -0.122. The van der Waals surface area contributed by atoms with Crippen LogP contribution in [-0.4, -0.2) is 80.0 Å². The van der Waals surface area contributed by atoms with Gasteiger partial charge in [-0.3, -0.25) is 4.79 Å². The molecule has 2 aromatic heterocycles. The van der Waals surface area contributed by atoms with Crippen molar-refractivity contribution in [3.8, 4) is 11.3 Å². The van der Waals surface area contributed by atoms with Crippen LogP contribution in [0.5, 0.6) is 0 Å². The summed E-state index contributed by atoms with van der Waals surface area (Å²) < 4.78 is 11.6. The molecule has 2 saturated heterocycles. The Hall–Kier alpha value is -3.30. The average Bonchev–Trinajstić information content (AvgIpc) is 3.72. The van der Waals surface area contributed by atoms with Crippen LogP contribution in [0.25, 0.3) is 22.3 Å². The number of hydrogen-bond donors (Lipinski definition) is 1. The second-order valence-corrected chi connectivity index (χ2v) is 10.2. The Kier molecular flexibility index (Phi) is 5.97. The number of carbonyl (C=O) groups excluding carboxylic acids is 1. The number of morpholine rings is 1. The quantitative estimate of drug-likeness (QED) is 0.599. The van der Waals surface area contributed by atoms with Crippen molar-refractivity contribution < 1.29 is 14.3 Å². The van der Waals surface area contributed by atoms with Crippen molar-refractivity contribution in [3.05, 3.63) is 42.0 Å². The number of nitrogens with zero attached hydrogens (tertiary/aromatic N) is 5. The Morgan fingerprint density at radius 3 is 2.75 bits per heavy atom. The summed E-state index contributed by atoms with van der Waals surface area (Å²) in [5, 5.41) is 3.61. The SMILES string of the molecule is CNC(=O)c1cccc(-c2ccc3c(N4CCOC[C@@H]4C)nc(N4CCOCC5(CC5)C4)nc3n2)c1. The van der Waals surface area contributed by atoms with Crippen LogP contribution in [0.3, 0.4) is 0 Å². The van der Waals surface area contributed by atoms with E-state index in [1.54, 1.807) is 13.1 Å². The lowest BCUT2D eigenvalue weighted by Crippen LogP contribution is -2.44. The van der Waals surface area contributed by atoms with Gasteiger partial charge in [0.15, 0.2) is 5.65 Å². The van der Waals surface area contributed by atoms with E-state index in [0.717, 1.165) is 48.7 Å². The monoisotopic (exact) mass is 488 g/mol. The Balaban J connectivity index is 1.46. The zero-order valence-corrected chi connectivity index (χ0v) is 20.9. The number of rotatable bonds is 4. The van der Waals surface area contributed by atoms with E-state index in [-0.39, 0.29) is 17.4 Å². The van der Waals surface area contributed by atoms with Gasteiger partial charge in [0.1, 0.15) is 5.82 Å². The molecule has 9 heteroatoms. The first-order valence-corrected chi connectivity index (χ1v) is 12.7. The number of ether oxygens (including phenoxy) is 2. The summed E-state index contributed by atoms with van der Waals surface area (Å²) in [4.78, 5) is 31.9. The highest BCUT2D eigenvalue weighted by Crippen LogP contribution is 2.47. The molecule has 1 atom stereocenters. The molecule has 9 nitrogen and oxygen atoms in total. The molecule has 6 rings (SSSR count). The highest BCUT2D eigenvalue weighted by Gasteiger charge is 2.46. The third-order valence-electron chi connectivity index (χ3n) is 7.50. The van der Waals surface area contributed by atoms with E-state index in [1.165, 1.54) is 12.8 Å². The van der Waals surface area contributed by atoms with Gasteiger partial charge in [-0.15, -0.1) is 0 Å². The predicted octanol–water partition coefficient (Wildman–Crippen LogP) is 2.89. The van der Waals surface area contributed by atoms with Gasteiger partial charge < -0.3 is 24.6 Å². The highest BCUT2D eigenvalue weighted by atomic mass is 16.5. The largest absolute Gasteiger partial charge is 0.379 e. The minimum Gasteiger partial charge on any atom is -0.379 e. The van der Waals surface area contributed by atoms with Gasteiger partial charge in [0, 0.05) is 43.2 Å². The van der Waals surface area contributed by atoms with Gasteiger partial charge in [0.2, 0.25) is 5.95 Å². The third kappa shape index (κ3) is 4.37. The minimum absolute atomic E-state index is 0.122. The molecule has 4 heterocycles. The Bertz CT molecular complexity index is 1290. The number of carbonyl (C=O) groups is 1. The summed E-state index contributed by atoms with van der Waals surface area (Å²) in [7, 11) is 1.63. The second-order valence-electron chi connectivity index (χ2n) is 10.2. The molecular weight excluding hydrogens is 456 g/mol. The van der Waals surface area contributed by atoms with Crippen LogP contribution >= 0.6 is 0 Å². The van der Waals surface area contributed by atoms with Crippen LogP contribution in [0, 0.1) is 5.41 Å². The number of nitrogens with one attached hydrogen (secondary N) is 1. The van der Waals surface area contributed by atoms with E-state index >= 15 is 0 Å². The van der Waals surface area contributed by atoms with E-state index in [2.05, 4.69) is 28.1 Å². The van der Waals surface area contributed by atoms with E-state index in [0.29, 0.717) is 37.0 Å². The molecule has 2 aliphatic heterocycles. The number of aromatic nitrogens is 3. The number of pyridine rings is 1. The van der Waals surface area contributed by atoms with Gasteiger partial charge in [-0.1, -0.05) is 12.1 Å². The maximum Gasteiger partial charge on any atom is 0.251 e. The Morgan fingerprint density at radius 1 is 1.08 bits per heavy atom. The molecule has 3 aromatic rings. The summed E-state index contributed by atoms with van der Waals surface area (Å²) in [6.07, 6.45) is 2.38. The average molecular weight is 489 g/mol. The highest BCUT2D eigenvalue weighted by molar-refractivity contribution is 5.95. The van der Waals surface area contributed by atoms with Gasteiger partial charge >= 0.3 is 0 Å². The van der Waals surface area contributed by atoms with Crippen molar-refractivity contribution in [1.29, 1.82) is 0 Å². The summed E-state index contributed by atoms with van der Waals surface area (Å²) in [6, 6.07) is 11.8. The lowest BCUT2D eigenvalue weighted by atomic mass is 10.1. The maximum atomic E-state index is 12.2. The first-order chi connectivity index (χ1) is 17.5. The van der Waals surface area contributed by atoms with Gasteiger partial charge in [-0.25, -0.2) is 4.98 Å². The first-order valence-electron chi connectivity index (χ1n) is 12.7. The van der Waals surface area contributed by atoms with Crippen LogP contribution < -0.4 is 15.1 Å². The van der Waals surface area contributed by atoms with Crippen LogP contribution in [0.2, 0.25) is 0 Å². The van der Waals surface area contributed by atoms with Gasteiger partial charge in [-0.2, -0.15) is 9.97 Å². The first kappa shape index (κ1) is 23.1. The number of benzene rings is 1. The topological polar surface area (TPSA) is 92.7 Å². The molecule has 0 unspecified atom stereocenters. The van der Waals surface area contributed by atoms with E-state index < -0.39 is 0 Å². The molecule has 1 aliphatic carbocycles. The fourth-order valence-electron chi connectivity index (χ4n) is 5.15. The van der Waals surface area contributed by atoms with Crippen molar-refractivity contribution in [2.45, 2.75) is 25.8 Å². The van der Waals surface area contributed by atoms with Crippen LogP contribution in [0.4, 0.5) is 11.8 Å². The lowest BCUT2D eigenvalue weighted by molar-refractivity contribution is 0.0963. The molecular formula is C27H32N6O3. The zero-order chi connectivity index (χ0) is 24.7. The van der Waals surface area contributed by atoms with Crippen molar-refractivity contribution in [2.24, 2.45) is 5.41 Å². The molecule has 1 N–H and O–H groups in total. The molecule has 36 heavy (non-hydrogen) atoms. The maximum absolute atomic E-state index is 12.2. The van der Waals surface area contributed by atoms with Crippen LogP contribution in [0.15, 0.2) is 36.4 Å². The second kappa shape index (κ2) is 9.29. The zero-order valence-electron chi connectivity index (χ0n) is 20.9. The molecule has 3 fully saturated rings. The lowest BCUT2D eigenvalue weighted by Gasteiger charge is -2.35. The predicted molar refractivity (Wildman–Crippen MR) is 138 cm³/mol. The van der Waals surface area contributed by atoms with Crippen molar-refractivity contribution in [3.63, 3.8) is 0 Å². The molecule has 3 aliphatic rings. The number of hydrogen-bond acceptors (Lipinski definition) is 8. The summed E-state index contributed by atoms with van der Waals surface area (Å²) >= 11 is 0. The third-order valence-corrected chi connectivity index (χ3v) is 7.50. The summed E-state index contributed by atoms with van der Waals surface area (Å²) in [5.41, 5.74) is 3.14. The van der Waals surface area contributed by atoms with Crippen molar-refractivity contribution in [2.75, 3.05) is 62.9 Å². The molecule has 1 saturated carbocycles. The van der Waals surface area contributed by atoms with Crippen LogP contribution in [0.1, 0.15) is 30.1 Å². The van der Waals surface area contributed by atoms with Gasteiger partial charge in [0.25, 0.3) is 5.91 Å². The molecule has 0 bridgehead atoms. The molecule has 188 valence electrons.